The Hall–Kier alpha value is -2.38. The maximum absolute atomic E-state index is 12.5. The first-order valence-electron chi connectivity index (χ1n) is 9.28. The Morgan fingerprint density at radius 2 is 2.04 bits per heavy atom. The van der Waals surface area contributed by atoms with E-state index in [4.69, 9.17) is 0 Å². The van der Waals surface area contributed by atoms with Gasteiger partial charge in [-0.15, -0.1) is 0 Å². The van der Waals surface area contributed by atoms with Gasteiger partial charge in [-0.25, -0.2) is 4.79 Å². The molecule has 1 saturated heterocycles. The number of rotatable bonds is 5. The average molecular weight is 385 g/mol. The molecular weight excluding hydrogens is 360 g/mol. The number of aromatic amines is 1. The van der Waals surface area contributed by atoms with E-state index >= 15 is 0 Å². The van der Waals surface area contributed by atoms with Crippen molar-refractivity contribution in [3.05, 3.63) is 57.1 Å². The Labute approximate surface area is 162 Å². The maximum atomic E-state index is 12.5. The highest BCUT2D eigenvalue weighted by Gasteiger charge is 2.25. The molecule has 6 nitrogen and oxygen atoms in total. The summed E-state index contributed by atoms with van der Waals surface area (Å²) < 4.78 is 1.89. The van der Waals surface area contributed by atoms with Crippen LogP contribution >= 0.6 is 11.3 Å². The number of amides is 1. The number of hydrogen-bond donors (Lipinski definition) is 1. The van der Waals surface area contributed by atoms with Gasteiger partial charge in [-0.3, -0.25) is 14.3 Å². The largest absolute Gasteiger partial charge is 0.340 e. The van der Waals surface area contributed by atoms with Crippen molar-refractivity contribution in [1.29, 1.82) is 0 Å². The van der Waals surface area contributed by atoms with Crippen molar-refractivity contribution in [2.75, 3.05) is 26.7 Å². The Kier molecular flexibility index (Phi) is 5.13. The summed E-state index contributed by atoms with van der Waals surface area (Å²) in [6, 6.07) is 10.1. The first-order valence-corrected chi connectivity index (χ1v) is 10.2. The second-order valence-corrected chi connectivity index (χ2v) is 7.99. The number of aromatic nitrogens is 2. The Morgan fingerprint density at radius 3 is 2.78 bits per heavy atom. The molecule has 1 amide bonds. The van der Waals surface area contributed by atoms with Crippen molar-refractivity contribution < 1.29 is 4.79 Å². The van der Waals surface area contributed by atoms with Crippen molar-refractivity contribution in [1.82, 2.24) is 19.4 Å². The van der Waals surface area contributed by atoms with Crippen LogP contribution in [0.4, 0.5) is 0 Å². The van der Waals surface area contributed by atoms with Gasteiger partial charge in [0.05, 0.1) is 17.6 Å². The number of fused-ring (bicyclic) bond motifs is 1. The Bertz CT molecular complexity index is 967. The number of carbonyl (C=O) groups is 1. The summed E-state index contributed by atoms with van der Waals surface area (Å²) in [7, 11) is 1.86. The first-order chi connectivity index (χ1) is 13.1. The SMILES string of the molecule is CN(Cc1ccsc1)C(=O)CN1CCC(n2c(=O)[nH]c3ccccc32)CC1. The summed E-state index contributed by atoms with van der Waals surface area (Å²) in [5.74, 6) is 0.143. The highest BCUT2D eigenvalue weighted by atomic mass is 32.1. The van der Waals surface area contributed by atoms with Crippen molar-refractivity contribution in [2.24, 2.45) is 0 Å². The Morgan fingerprint density at radius 1 is 1.26 bits per heavy atom. The number of thiophene rings is 1. The van der Waals surface area contributed by atoms with Crippen LogP contribution in [0.2, 0.25) is 0 Å². The molecule has 27 heavy (non-hydrogen) atoms. The summed E-state index contributed by atoms with van der Waals surface area (Å²) in [6.07, 6.45) is 1.76. The minimum absolute atomic E-state index is 0.0405. The molecule has 3 aromatic rings. The lowest BCUT2D eigenvalue weighted by Crippen LogP contribution is -2.43. The number of nitrogens with one attached hydrogen (secondary N) is 1. The fourth-order valence-electron chi connectivity index (χ4n) is 3.83. The number of nitrogens with zero attached hydrogens (tertiary/aromatic N) is 3. The lowest BCUT2D eigenvalue weighted by molar-refractivity contribution is -0.132. The van der Waals surface area contributed by atoms with E-state index in [1.807, 2.05) is 41.3 Å². The second kappa shape index (κ2) is 7.70. The van der Waals surface area contributed by atoms with Gasteiger partial charge in [0.25, 0.3) is 0 Å². The fourth-order valence-corrected chi connectivity index (χ4v) is 4.49. The summed E-state index contributed by atoms with van der Waals surface area (Å²) in [6.45, 7) is 2.75. The van der Waals surface area contributed by atoms with Gasteiger partial charge in [-0.1, -0.05) is 12.1 Å². The van der Waals surface area contributed by atoms with Crippen molar-refractivity contribution in [3.63, 3.8) is 0 Å². The third-order valence-electron chi connectivity index (χ3n) is 5.33. The van der Waals surface area contributed by atoms with E-state index in [9.17, 15) is 9.59 Å². The number of para-hydroxylation sites is 2. The van der Waals surface area contributed by atoms with Gasteiger partial charge in [0.15, 0.2) is 0 Å². The quantitative estimate of drug-likeness (QED) is 0.736. The normalized spacial score (nSPS) is 16.0. The predicted molar refractivity (Wildman–Crippen MR) is 108 cm³/mol. The molecule has 1 aromatic carbocycles. The number of carbonyl (C=O) groups excluding carboxylic acids is 1. The molecule has 2 aromatic heterocycles. The summed E-state index contributed by atoms with van der Waals surface area (Å²) >= 11 is 1.65. The monoisotopic (exact) mass is 384 g/mol. The molecule has 0 unspecified atom stereocenters. The fraction of sp³-hybridized carbons (Fsp3) is 0.400. The molecule has 0 aliphatic carbocycles. The van der Waals surface area contributed by atoms with E-state index in [1.165, 1.54) is 5.56 Å². The minimum Gasteiger partial charge on any atom is -0.340 e. The van der Waals surface area contributed by atoms with Gasteiger partial charge < -0.3 is 9.88 Å². The number of imidazole rings is 1. The third-order valence-corrected chi connectivity index (χ3v) is 6.06. The van der Waals surface area contributed by atoms with Crippen LogP contribution in [-0.2, 0) is 11.3 Å². The number of likely N-dealkylation sites (tertiary alicyclic amines) is 1. The van der Waals surface area contributed by atoms with E-state index in [0.29, 0.717) is 13.1 Å². The van der Waals surface area contributed by atoms with Crippen LogP contribution < -0.4 is 5.69 Å². The van der Waals surface area contributed by atoms with Gasteiger partial charge in [-0.2, -0.15) is 11.3 Å². The Balaban J connectivity index is 1.35. The molecule has 0 saturated carbocycles. The van der Waals surface area contributed by atoms with Crippen LogP contribution in [-0.4, -0.2) is 51.9 Å². The zero-order chi connectivity index (χ0) is 18.8. The molecule has 7 heteroatoms. The molecule has 0 atom stereocenters. The van der Waals surface area contributed by atoms with E-state index in [2.05, 4.69) is 21.3 Å². The van der Waals surface area contributed by atoms with E-state index < -0.39 is 0 Å². The molecule has 4 rings (SSSR count). The molecule has 1 aliphatic rings. The van der Waals surface area contributed by atoms with Crippen LogP contribution in [0.3, 0.4) is 0 Å². The highest BCUT2D eigenvalue weighted by molar-refractivity contribution is 7.07. The molecular formula is C20H24N4O2S. The minimum atomic E-state index is -0.0405. The molecule has 1 fully saturated rings. The van der Waals surface area contributed by atoms with E-state index in [-0.39, 0.29) is 17.6 Å². The van der Waals surface area contributed by atoms with Crippen LogP contribution in [0.5, 0.6) is 0 Å². The summed E-state index contributed by atoms with van der Waals surface area (Å²) in [4.78, 5) is 31.8. The molecule has 0 bridgehead atoms. The number of piperidine rings is 1. The van der Waals surface area contributed by atoms with Crippen LogP contribution in [0, 0.1) is 0 Å². The van der Waals surface area contributed by atoms with Crippen molar-refractivity contribution in [2.45, 2.75) is 25.4 Å². The zero-order valence-corrected chi connectivity index (χ0v) is 16.2. The van der Waals surface area contributed by atoms with E-state index in [1.54, 1.807) is 16.2 Å². The average Bonchev–Trinajstić information content (AvgIpc) is 3.29. The van der Waals surface area contributed by atoms with Crippen LogP contribution in [0.1, 0.15) is 24.4 Å². The van der Waals surface area contributed by atoms with E-state index in [0.717, 1.165) is 37.0 Å². The van der Waals surface area contributed by atoms with Crippen LogP contribution in [0.25, 0.3) is 11.0 Å². The number of likely N-dealkylation sites (N-methyl/N-ethyl adjacent to an activating group) is 1. The molecule has 3 heterocycles. The standard InChI is InChI=1S/C20H24N4O2S/c1-22(12-15-8-11-27-14-15)19(25)13-23-9-6-16(7-10-23)24-18-5-3-2-4-17(18)21-20(24)26/h2-5,8,11,14,16H,6-7,9-10,12-13H2,1H3,(H,21,26). The van der Waals surface area contributed by atoms with Gasteiger partial charge in [0.2, 0.25) is 5.91 Å². The number of benzene rings is 1. The zero-order valence-electron chi connectivity index (χ0n) is 15.4. The lowest BCUT2D eigenvalue weighted by atomic mass is 10.0. The highest BCUT2D eigenvalue weighted by Crippen LogP contribution is 2.24. The van der Waals surface area contributed by atoms with Crippen LogP contribution in [0.15, 0.2) is 45.9 Å². The van der Waals surface area contributed by atoms with Gasteiger partial charge in [0, 0.05) is 32.7 Å². The molecule has 142 valence electrons. The van der Waals surface area contributed by atoms with Gasteiger partial charge in [-0.05, 0) is 47.4 Å². The second-order valence-electron chi connectivity index (χ2n) is 7.21. The number of hydrogen-bond acceptors (Lipinski definition) is 4. The number of H-pyrrole nitrogens is 1. The van der Waals surface area contributed by atoms with Crippen molar-refractivity contribution >= 4 is 28.3 Å². The lowest BCUT2D eigenvalue weighted by Gasteiger charge is -2.33. The molecule has 1 aliphatic heterocycles. The predicted octanol–water partition coefficient (Wildman–Crippen LogP) is 2.69. The summed E-state index contributed by atoms with van der Waals surface area (Å²) in [5.41, 5.74) is 2.98. The maximum Gasteiger partial charge on any atom is 0.326 e. The molecule has 0 spiro atoms. The third kappa shape index (κ3) is 3.84. The smallest absolute Gasteiger partial charge is 0.326 e. The molecule has 0 radical (unpaired) electrons. The van der Waals surface area contributed by atoms with Gasteiger partial charge in [0.1, 0.15) is 0 Å². The van der Waals surface area contributed by atoms with Gasteiger partial charge >= 0.3 is 5.69 Å². The van der Waals surface area contributed by atoms with Crippen molar-refractivity contribution in [3.8, 4) is 0 Å². The first kappa shape index (κ1) is 18.0. The topological polar surface area (TPSA) is 61.3 Å². The molecule has 1 N–H and O–H groups in total. The summed E-state index contributed by atoms with van der Waals surface area (Å²) in [5, 5.41) is 4.11.